The molecule has 2 aromatic rings. The van der Waals surface area contributed by atoms with Crippen molar-refractivity contribution in [1.29, 1.82) is 0 Å². The summed E-state index contributed by atoms with van der Waals surface area (Å²) in [5.41, 5.74) is 0.936. The van der Waals surface area contributed by atoms with E-state index in [0.717, 1.165) is 4.47 Å². The largest absolute Gasteiger partial charge is 0.488 e. The lowest BCUT2D eigenvalue weighted by Gasteiger charge is -2.14. The van der Waals surface area contributed by atoms with E-state index in [1.807, 2.05) is 6.07 Å². The highest BCUT2D eigenvalue weighted by molar-refractivity contribution is 9.10. The molecule has 1 atom stereocenters. The second-order valence-electron chi connectivity index (χ2n) is 4.35. The summed E-state index contributed by atoms with van der Waals surface area (Å²) in [5.74, 6) is 0.0831. The van der Waals surface area contributed by atoms with Crippen LogP contribution in [-0.4, -0.2) is 5.11 Å². The van der Waals surface area contributed by atoms with Crippen molar-refractivity contribution in [3.63, 3.8) is 0 Å². The first-order valence-electron chi connectivity index (χ1n) is 6.02. The van der Waals surface area contributed by atoms with Crippen LogP contribution in [0.5, 0.6) is 5.75 Å². The van der Waals surface area contributed by atoms with E-state index >= 15 is 0 Å². The van der Waals surface area contributed by atoms with Gasteiger partial charge in [-0.05, 0) is 31.2 Å². The highest BCUT2D eigenvalue weighted by Gasteiger charge is 2.12. The van der Waals surface area contributed by atoms with Gasteiger partial charge in [0.2, 0.25) is 0 Å². The van der Waals surface area contributed by atoms with E-state index in [4.69, 9.17) is 16.3 Å². The first kappa shape index (κ1) is 15.3. The molecule has 0 radical (unpaired) electrons. The minimum absolute atomic E-state index is 0.00167. The molecule has 0 fully saturated rings. The minimum Gasteiger partial charge on any atom is -0.488 e. The van der Waals surface area contributed by atoms with Crippen molar-refractivity contribution in [2.24, 2.45) is 0 Å². The Morgan fingerprint density at radius 2 is 2.10 bits per heavy atom. The van der Waals surface area contributed by atoms with Crippen LogP contribution in [0.1, 0.15) is 24.2 Å². The lowest BCUT2D eigenvalue weighted by molar-refractivity contribution is 0.190. The van der Waals surface area contributed by atoms with Gasteiger partial charge in [0, 0.05) is 15.6 Å². The fourth-order valence-electron chi connectivity index (χ4n) is 1.80. The average molecular weight is 360 g/mol. The molecule has 0 aliphatic heterocycles. The monoisotopic (exact) mass is 358 g/mol. The van der Waals surface area contributed by atoms with Crippen molar-refractivity contribution < 1.29 is 14.2 Å². The first-order chi connectivity index (χ1) is 9.49. The van der Waals surface area contributed by atoms with Gasteiger partial charge in [0.1, 0.15) is 18.2 Å². The molecule has 20 heavy (non-hydrogen) atoms. The van der Waals surface area contributed by atoms with Crippen molar-refractivity contribution in [3.8, 4) is 5.75 Å². The number of halogens is 3. The van der Waals surface area contributed by atoms with Crippen LogP contribution in [-0.2, 0) is 6.61 Å². The summed E-state index contributed by atoms with van der Waals surface area (Å²) < 4.78 is 20.1. The van der Waals surface area contributed by atoms with Crippen LogP contribution in [0.3, 0.4) is 0 Å². The zero-order chi connectivity index (χ0) is 14.7. The summed E-state index contributed by atoms with van der Waals surface area (Å²) in [6.45, 7) is 1.65. The van der Waals surface area contributed by atoms with Gasteiger partial charge in [-0.15, -0.1) is 0 Å². The topological polar surface area (TPSA) is 29.5 Å². The van der Waals surface area contributed by atoms with Gasteiger partial charge in [-0.2, -0.15) is 0 Å². The predicted octanol–water partition coefficient (Wildman–Crippen LogP) is 4.87. The number of rotatable bonds is 4. The molecule has 0 bridgehead atoms. The van der Waals surface area contributed by atoms with Crippen LogP contribution in [0.15, 0.2) is 40.9 Å². The standard InChI is InChI=1S/C15H13BrClFO2/c1-9(19)11-6-5-10(16)7-15(11)20-8-12-13(17)3-2-4-14(12)18/h2-7,9,19H,8H2,1H3/t9-/m1/s1. The third-order valence-corrected chi connectivity index (χ3v) is 3.71. The molecule has 1 N–H and O–H groups in total. The summed E-state index contributed by atoms with van der Waals surface area (Å²) in [6, 6.07) is 9.79. The van der Waals surface area contributed by atoms with Gasteiger partial charge in [-0.1, -0.05) is 39.7 Å². The van der Waals surface area contributed by atoms with Crippen LogP contribution in [0.4, 0.5) is 4.39 Å². The second-order valence-corrected chi connectivity index (χ2v) is 5.67. The van der Waals surface area contributed by atoms with E-state index in [2.05, 4.69) is 15.9 Å². The fourth-order valence-corrected chi connectivity index (χ4v) is 2.36. The summed E-state index contributed by atoms with van der Waals surface area (Å²) in [5, 5.41) is 10.0. The number of hydrogen-bond donors (Lipinski definition) is 1. The highest BCUT2D eigenvalue weighted by Crippen LogP contribution is 2.30. The molecule has 0 heterocycles. The molecule has 0 aromatic heterocycles. The average Bonchev–Trinajstić information content (AvgIpc) is 2.37. The minimum atomic E-state index is -0.672. The van der Waals surface area contributed by atoms with Crippen molar-refractivity contribution >= 4 is 27.5 Å². The molecule has 0 amide bonds. The first-order valence-corrected chi connectivity index (χ1v) is 7.19. The molecule has 2 rings (SSSR count). The molecule has 106 valence electrons. The van der Waals surface area contributed by atoms with Gasteiger partial charge in [0.15, 0.2) is 0 Å². The van der Waals surface area contributed by atoms with Crippen molar-refractivity contribution in [2.45, 2.75) is 19.6 Å². The smallest absolute Gasteiger partial charge is 0.131 e. The fraction of sp³-hybridized carbons (Fsp3) is 0.200. The Morgan fingerprint density at radius 3 is 2.75 bits per heavy atom. The predicted molar refractivity (Wildman–Crippen MR) is 80.5 cm³/mol. The zero-order valence-electron chi connectivity index (χ0n) is 10.7. The quantitative estimate of drug-likeness (QED) is 0.843. The summed E-state index contributed by atoms with van der Waals surface area (Å²) in [7, 11) is 0. The van der Waals surface area contributed by atoms with Gasteiger partial charge >= 0.3 is 0 Å². The molecule has 0 unspecified atom stereocenters. The van der Waals surface area contributed by atoms with Crippen LogP contribution < -0.4 is 4.74 Å². The Bertz CT molecular complexity index is 597. The van der Waals surface area contributed by atoms with Gasteiger partial charge in [0.25, 0.3) is 0 Å². The molecule has 2 nitrogen and oxygen atoms in total. The molecule has 5 heteroatoms. The Labute approximate surface area is 130 Å². The number of aliphatic hydroxyl groups excluding tert-OH is 1. The Kier molecular flexibility index (Phi) is 5.02. The second kappa shape index (κ2) is 6.57. The van der Waals surface area contributed by atoms with E-state index in [0.29, 0.717) is 21.9 Å². The van der Waals surface area contributed by atoms with Crippen LogP contribution in [0, 0.1) is 5.82 Å². The summed E-state index contributed by atoms with van der Waals surface area (Å²) in [4.78, 5) is 0. The van der Waals surface area contributed by atoms with Crippen LogP contribution in [0.25, 0.3) is 0 Å². The maximum atomic E-state index is 13.7. The maximum absolute atomic E-state index is 13.7. The van der Waals surface area contributed by atoms with Crippen LogP contribution in [0.2, 0.25) is 5.02 Å². The number of hydrogen-bond acceptors (Lipinski definition) is 2. The number of benzene rings is 2. The van der Waals surface area contributed by atoms with E-state index in [-0.39, 0.29) is 6.61 Å². The molecular formula is C15H13BrClFO2. The third kappa shape index (κ3) is 3.51. The molecular weight excluding hydrogens is 347 g/mol. The maximum Gasteiger partial charge on any atom is 0.131 e. The van der Waals surface area contributed by atoms with Gasteiger partial charge < -0.3 is 9.84 Å². The molecule has 2 aromatic carbocycles. The van der Waals surface area contributed by atoms with Gasteiger partial charge in [-0.25, -0.2) is 4.39 Å². The molecule has 0 aliphatic rings. The normalized spacial score (nSPS) is 12.2. The van der Waals surface area contributed by atoms with E-state index in [9.17, 15) is 9.50 Å². The lowest BCUT2D eigenvalue weighted by Crippen LogP contribution is -2.03. The summed E-state index contributed by atoms with van der Waals surface area (Å²) >= 11 is 9.29. The molecule has 0 aliphatic carbocycles. The van der Waals surface area contributed by atoms with Gasteiger partial charge in [-0.3, -0.25) is 0 Å². The van der Waals surface area contributed by atoms with Crippen LogP contribution >= 0.6 is 27.5 Å². The van der Waals surface area contributed by atoms with E-state index in [1.54, 1.807) is 31.2 Å². The van der Waals surface area contributed by atoms with E-state index < -0.39 is 11.9 Å². The molecule has 0 spiro atoms. The number of ether oxygens (including phenoxy) is 1. The third-order valence-electron chi connectivity index (χ3n) is 2.86. The van der Waals surface area contributed by atoms with Crippen molar-refractivity contribution in [2.75, 3.05) is 0 Å². The number of aliphatic hydroxyl groups is 1. The van der Waals surface area contributed by atoms with Crippen molar-refractivity contribution in [1.82, 2.24) is 0 Å². The SMILES string of the molecule is C[C@@H](O)c1ccc(Br)cc1OCc1c(F)cccc1Cl. The Hall–Kier alpha value is -1.10. The zero-order valence-corrected chi connectivity index (χ0v) is 13.1. The van der Waals surface area contributed by atoms with Gasteiger partial charge in [0.05, 0.1) is 11.1 Å². The molecule has 0 saturated carbocycles. The van der Waals surface area contributed by atoms with E-state index in [1.165, 1.54) is 6.07 Å². The molecule has 0 saturated heterocycles. The Balaban J connectivity index is 2.25. The van der Waals surface area contributed by atoms with Crippen molar-refractivity contribution in [3.05, 3.63) is 62.8 Å². The highest BCUT2D eigenvalue weighted by atomic mass is 79.9. The summed E-state index contributed by atoms with van der Waals surface area (Å²) in [6.07, 6.45) is -0.672. The Morgan fingerprint density at radius 1 is 1.35 bits per heavy atom. The lowest BCUT2D eigenvalue weighted by atomic mass is 10.1.